The van der Waals surface area contributed by atoms with Crippen LogP contribution in [0.3, 0.4) is 0 Å². The van der Waals surface area contributed by atoms with Gasteiger partial charge in [0.1, 0.15) is 0 Å². The standard InChI is InChI=1S/C19H28O2/c1-5-6-8-13-18(14-21-19(20)15(2)3)16(4)17-11-9-7-10-12-17/h7,9-12,16,18H,2,5-6,8,13-14H2,1,3-4H3. The molecule has 2 atom stereocenters. The second kappa shape index (κ2) is 9.38. The van der Waals surface area contributed by atoms with Crippen molar-refractivity contribution >= 4 is 5.97 Å². The first kappa shape index (κ1) is 17.5. The number of esters is 1. The molecule has 0 radical (unpaired) electrons. The summed E-state index contributed by atoms with van der Waals surface area (Å²) < 4.78 is 5.40. The first-order chi connectivity index (χ1) is 10.1. The van der Waals surface area contributed by atoms with E-state index in [0.717, 1.165) is 6.42 Å². The molecule has 2 heteroatoms. The molecule has 1 rings (SSSR count). The fraction of sp³-hybridized carbons (Fsp3) is 0.526. The highest BCUT2D eigenvalue weighted by molar-refractivity contribution is 5.86. The predicted molar refractivity (Wildman–Crippen MR) is 88.3 cm³/mol. The number of carbonyl (C=O) groups is 1. The Bertz CT molecular complexity index is 436. The van der Waals surface area contributed by atoms with Gasteiger partial charge in [0.25, 0.3) is 0 Å². The van der Waals surface area contributed by atoms with Gasteiger partial charge in [-0.1, -0.05) is 70.0 Å². The topological polar surface area (TPSA) is 26.3 Å². The molecule has 0 spiro atoms. The van der Waals surface area contributed by atoms with Crippen molar-refractivity contribution in [1.82, 2.24) is 0 Å². The SMILES string of the molecule is C=C(C)C(=O)OCC(CCCCC)C(C)c1ccccc1. The number of carbonyl (C=O) groups excluding carboxylic acids is 1. The number of rotatable bonds is 9. The van der Waals surface area contributed by atoms with Crippen molar-refractivity contribution in [2.75, 3.05) is 6.61 Å². The summed E-state index contributed by atoms with van der Waals surface area (Å²) in [4.78, 5) is 11.6. The Balaban J connectivity index is 2.66. The molecule has 1 aromatic rings. The molecular formula is C19H28O2. The van der Waals surface area contributed by atoms with E-state index >= 15 is 0 Å². The summed E-state index contributed by atoms with van der Waals surface area (Å²) in [7, 11) is 0. The van der Waals surface area contributed by atoms with E-state index in [1.54, 1.807) is 6.92 Å². The Kier molecular flexibility index (Phi) is 7.81. The van der Waals surface area contributed by atoms with Crippen LogP contribution in [0.4, 0.5) is 0 Å². The summed E-state index contributed by atoms with van der Waals surface area (Å²) in [6.45, 7) is 10.2. The molecule has 2 nitrogen and oxygen atoms in total. The lowest BCUT2D eigenvalue weighted by molar-refractivity contribution is -0.140. The van der Waals surface area contributed by atoms with E-state index in [2.05, 4.69) is 44.7 Å². The van der Waals surface area contributed by atoms with Gasteiger partial charge < -0.3 is 4.74 Å². The molecule has 1 aromatic carbocycles. The third-order valence-electron chi connectivity index (χ3n) is 3.99. The van der Waals surface area contributed by atoms with Crippen molar-refractivity contribution in [2.45, 2.75) is 52.4 Å². The van der Waals surface area contributed by atoms with Crippen LogP contribution in [0.15, 0.2) is 42.5 Å². The van der Waals surface area contributed by atoms with Crippen LogP contribution in [0.25, 0.3) is 0 Å². The van der Waals surface area contributed by atoms with E-state index in [1.165, 1.54) is 24.8 Å². The maximum absolute atomic E-state index is 11.6. The maximum Gasteiger partial charge on any atom is 0.333 e. The molecule has 0 saturated heterocycles. The van der Waals surface area contributed by atoms with Gasteiger partial charge in [-0.15, -0.1) is 0 Å². The minimum atomic E-state index is -0.282. The van der Waals surface area contributed by atoms with Crippen LogP contribution in [0.1, 0.15) is 57.9 Å². The maximum atomic E-state index is 11.6. The average Bonchev–Trinajstić information content (AvgIpc) is 2.50. The van der Waals surface area contributed by atoms with Crippen molar-refractivity contribution in [3.63, 3.8) is 0 Å². The second-order valence-electron chi connectivity index (χ2n) is 5.83. The molecule has 2 unspecified atom stereocenters. The molecule has 0 aromatic heterocycles. The third kappa shape index (κ3) is 6.16. The summed E-state index contributed by atoms with van der Waals surface area (Å²) in [6, 6.07) is 10.5. The van der Waals surface area contributed by atoms with Gasteiger partial charge in [0.15, 0.2) is 0 Å². The van der Waals surface area contributed by atoms with Crippen LogP contribution in [-0.2, 0) is 9.53 Å². The minimum Gasteiger partial charge on any atom is -0.462 e. The molecule has 0 amide bonds. The highest BCUT2D eigenvalue weighted by Gasteiger charge is 2.20. The molecule has 0 aliphatic rings. The number of hydrogen-bond acceptors (Lipinski definition) is 2. The first-order valence-electron chi connectivity index (χ1n) is 7.93. The molecule has 0 bridgehead atoms. The Labute approximate surface area is 129 Å². The van der Waals surface area contributed by atoms with E-state index in [4.69, 9.17) is 4.74 Å². The zero-order valence-corrected chi connectivity index (χ0v) is 13.6. The Hall–Kier alpha value is -1.57. The average molecular weight is 288 g/mol. The summed E-state index contributed by atoms with van der Waals surface area (Å²) in [6.07, 6.45) is 4.71. The summed E-state index contributed by atoms with van der Waals surface area (Å²) >= 11 is 0. The van der Waals surface area contributed by atoms with Crippen molar-refractivity contribution in [3.05, 3.63) is 48.0 Å². The lowest BCUT2D eigenvalue weighted by Gasteiger charge is -2.24. The predicted octanol–water partition coefficient (Wildman–Crippen LogP) is 5.11. The minimum absolute atomic E-state index is 0.282. The molecule has 116 valence electrons. The lowest BCUT2D eigenvalue weighted by Crippen LogP contribution is -2.20. The molecule has 0 saturated carbocycles. The third-order valence-corrected chi connectivity index (χ3v) is 3.99. The van der Waals surface area contributed by atoms with Crippen LogP contribution >= 0.6 is 0 Å². The lowest BCUT2D eigenvalue weighted by atomic mass is 9.84. The van der Waals surface area contributed by atoms with Crippen LogP contribution < -0.4 is 0 Å². The van der Waals surface area contributed by atoms with Gasteiger partial charge in [0.05, 0.1) is 6.61 Å². The van der Waals surface area contributed by atoms with Crippen LogP contribution in [0.2, 0.25) is 0 Å². The van der Waals surface area contributed by atoms with E-state index in [0.29, 0.717) is 24.0 Å². The van der Waals surface area contributed by atoms with E-state index in [1.807, 2.05) is 6.07 Å². The van der Waals surface area contributed by atoms with E-state index in [-0.39, 0.29) is 5.97 Å². The number of ether oxygens (including phenoxy) is 1. The summed E-state index contributed by atoms with van der Waals surface area (Å²) in [5.74, 6) is 0.471. The number of unbranched alkanes of at least 4 members (excludes halogenated alkanes) is 2. The van der Waals surface area contributed by atoms with Gasteiger partial charge in [-0.3, -0.25) is 0 Å². The van der Waals surface area contributed by atoms with Crippen molar-refractivity contribution in [3.8, 4) is 0 Å². The zero-order valence-electron chi connectivity index (χ0n) is 13.6. The van der Waals surface area contributed by atoms with Gasteiger partial charge in [-0.2, -0.15) is 0 Å². The molecule has 0 aliphatic heterocycles. The zero-order chi connectivity index (χ0) is 15.7. The fourth-order valence-electron chi connectivity index (χ4n) is 2.47. The monoisotopic (exact) mass is 288 g/mol. The summed E-state index contributed by atoms with van der Waals surface area (Å²) in [5.41, 5.74) is 1.78. The fourth-order valence-corrected chi connectivity index (χ4v) is 2.47. The van der Waals surface area contributed by atoms with Crippen molar-refractivity contribution < 1.29 is 9.53 Å². The van der Waals surface area contributed by atoms with Gasteiger partial charge in [0, 0.05) is 5.57 Å². The molecule has 0 aliphatic carbocycles. The highest BCUT2D eigenvalue weighted by Crippen LogP contribution is 2.29. The Morgan fingerprint density at radius 1 is 1.24 bits per heavy atom. The number of hydrogen-bond donors (Lipinski definition) is 0. The highest BCUT2D eigenvalue weighted by atomic mass is 16.5. The van der Waals surface area contributed by atoms with Crippen molar-refractivity contribution in [2.24, 2.45) is 5.92 Å². The van der Waals surface area contributed by atoms with E-state index in [9.17, 15) is 4.79 Å². The Morgan fingerprint density at radius 3 is 2.48 bits per heavy atom. The summed E-state index contributed by atoms with van der Waals surface area (Å²) in [5, 5.41) is 0. The molecule has 0 N–H and O–H groups in total. The van der Waals surface area contributed by atoms with Gasteiger partial charge >= 0.3 is 5.97 Å². The van der Waals surface area contributed by atoms with Crippen LogP contribution in [0.5, 0.6) is 0 Å². The normalized spacial score (nSPS) is 13.5. The smallest absolute Gasteiger partial charge is 0.333 e. The molecular weight excluding hydrogens is 260 g/mol. The molecule has 0 heterocycles. The molecule has 21 heavy (non-hydrogen) atoms. The van der Waals surface area contributed by atoms with Crippen molar-refractivity contribution in [1.29, 1.82) is 0 Å². The van der Waals surface area contributed by atoms with Crippen LogP contribution in [0, 0.1) is 5.92 Å². The Morgan fingerprint density at radius 2 is 1.90 bits per heavy atom. The van der Waals surface area contributed by atoms with Gasteiger partial charge in [0.2, 0.25) is 0 Å². The first-order valence-corrected chi connectivity index (χ1v) is 7.93. The second-order valence-corrected chi connectivity index (χ2v) is 5.83. The molecule has 0 fully saturated rings. The largest absolute Gasteiger partial charge is 0.462 e. The van der Waals surface area contributed by atoms with Gasteiger partial charge in [-0.25, -0.2) is 4.79 Å². The van der Waals surface area contributed by atoms with E-state index < -0.39 is 0 Å². The van der Waals surface area contributed by atoms with Crippen LogP contribution in [-0.4, -0.2) is 12.6 Å². The van der Waals surface area contributed by atoms with Gasteiger partial charge in [-0.05, 0) is 30.7 Å². The number of benzene rings is 1. The quantitative estimate of drug-likeness (QED) is 0.359.